The number of nitrogens with one attached hydrogen (secondary N) is 2. The lowest BCUT2D eigenvalue weighted by molar-refractivity contribution is 0.195. The first-order valence-electron chi connectivity index (χ1n) is 7.69. The van der Waals surface area contributed by atoms with Gasteiger partial charge in [-0.05, 0) is 31.0 Å². The fourth-order valence-electron chi connectivity index (χ4n) is 2.60. The zero-order valence-corrected chi connectivity index (χ0v) is 14.1. The summed E-state index contributed by atoms with van der Waals surface area (Å²) < 4.78 is 5.05. The second-order valence-corrected chi connectivity index (χ2v) is 5.84. The quantitative estimate of drug-likeness (QED) is 0.478. The van der Waals surface area contributed by atoms with Crippen LogP contribution < -0.4 is 15.5 Å². The van der Waals surface area contributed by atoms with Crippen molar-refractivity contribution in [1.82, 2.24) is 10.6 Å². The molecular formula is C16H25ClN4O. The maximum atomic E-state index is 6.07. The lowest BCUT2D eigenvalue weighted by atomic mass is 10.2. The summed E-state index contributed by atoms with van der Waals surface area (Å²) in [6.45, 7) is 3.60. The van der Waals surface area contributed by atoms with E-state index in [0.29, 0.717) is 6.04 Å². The number of aliphatic imine (C=N–C) groups is 1. The van der Waals surface area contributed by atoms with Gasteiger partial charge in [-0.15, -0.1) is 0 Å². The highest BCUT2D eigenvalue weighted by atomic mass is 35.5. The van der Waals surface area contributed by atoms with Crippen LogP contribution in [0.25, 0.3) is 0 Å². The fraction of sp³-hybridized carbons (Fsp3) is 0.562. The number of hydrogen-bond acceptors (Lipinski definition) is 3. The molecule has 0 saturated carbocycles. The van der Waals surface area contributed by atoms with Crippen LogP contribution in [0, 0.1) is 0 Å². The minimum Gasteiger partial charge on any atom is -0.385 e. The smallest absolute Gasteiger partial charge is 0.191 e. The molecule has 0 spiro atoms. The molecule has 0 radical (unpaired) electrons. The van der Waals surface area contributed by atoms with Crippen molar-refractivity contribution in [2.24, 2.45) is 4.99 Å². The van der Waals surface area contributed by atoms with Crippen molar-refractivity contribution in [3.8, 4) is 0 Å². The van der Waals surface area contributed by atoms with Gasteiger partial charge in [0.15, 0.2) is 5.96 Å². The van der Waals surface area contributed by atoms with Gasteiger partial charge in [0.25, 0.3) is 0 Å². The zero-order valence-electron chi connectivity index (χ0n) is 13.3. The molecule has 1 aliphatic heterocycles. The minimum atomic E-state index is 0.396. The monoisotopic (exact) mass is 324 g/mol. The molecule has 22 heavy (non-hydrogen) atoms. The van der Waals surface area contributed by atoms with Crippen LogP contribution in [-0.4, -0.2) is 52.4 Å². The Bertz CT molecular complexity index is 495. The number of ether oxygens (including phenoxy) is 1. The van der Waals surface area contributed by atoms with E-state index in [1.165, 1.54) is 5.69 Å². The highest BCUT2D eigenvalue weighted by Crippen LogP contribution is 2.23. The van der Waals surface area contributed by atoms with E-state index in [2.05, 4.69) is 26.6 Å². The van der Waals surface area contributed by atoms with Gasteiger partial charge in [-0.25, -0.2) is 0 Å². The molecular weight excluding hydrogens is 300 g/mol. The Labute approximate surface area is 137 Å². The minimum absolute atomic E-state index is 0.396. The van der Waals surface area contributed by atoms with Crippen LogP contribution in [-0.2, 0) is 4.74 Å². The predicted octanol–water partition coefficient (Wildman–Crippen LogP) is 2.12. The number of benzene rings is 1. The molecule has 1 saturated heterocycles. The Morgan fingerprint density at radius 3 is 3.09 bits per heavy atom. The van der Waals surface area contributed by atoms with Crippen LogP contribution in [0.5, 0.6) is 0 Å². The predicted molar refractivity (Wildman–Crippen MR) is 93.1 cm³/mol. The molecule has 2 rings (SSSR count). The van der Waals surface area contributed by atoms with E-state index >= 15 is 0 Å². The fourth-order valence-corrected chi connectivity index (χ4v) is 2.78. The van der Waals surface area contributed by atoms with Gasteiger partial charge in [0.2, 0.25) is 0 Å². The van der Waals surface area contributed by atoms with Gasteiger partial charge in [0, 0.05) is 57.2 Å². The molecule has 1 unspecified atom stereocenters. The third-order valence-corrected chi connectivity index (χ3v) is 3.98. The summed E-state index contributed by atoms with van der Waals surface area (Å²) in [6.07, 6.45) is 2.06. The van der Waals surface area contributed by atoms with Gasteiger partial charge in [0.1, 0.15) is 0 Å². The number of anilines is 1. The summed E-state index contributed by atoms with van der Waals surface area (Å²) in [5.74, 6) is 0.856. The van der Waals surface area contributed by atoms with Crippen LogP contribution in [0.4, 0.5) is 5.69 Å². The molecule has 0 aromatic heterocycles. The maximum absolute atomic E-state index is 6.07. The van der Waals surface area contributed by atoms with Crippen molar-refractivity contribution >= 4 is 23.2 Å². The molecule has 1 aromatic carbocycles. The summed E-state index contributed by atoms with van der Waals surface area (Å²) in [7, 11) is 3.52. The molecule has 1 aromatic rings. The van der Waals surface area contributed by atoms with E-state index < -0.39 is 0 Å². The number of halogens is 1. The lowest BCUT2D eigenvalue weighted by Gasteiger charge is -2.20. The van der Waals surface area contributed by atoms with E-state index in [1.807, 2.05) is 18.2 Å². The van der Waals surface area contributed by atoms with Gasteiger partial charge in [0.05, 0.1) is 0 Å². The molecule has 1 aliphatic rings. The van der Waals surface area contributed by atoms with Crippen molar-refractivity contribution in [3.63, 3.8) is 0 Å². The molecule has 5 nitrogen and oxygen atoms in total. The van der Waals surface area contributed by atoms with Crippen LogP contribution in [0.15, 0.2) is 29.3 Å². The SMILES string of the molecule is CN=C(NCCCOC)NC1CCN(c2cccc(Cl)c2)C1. The second kappa shape index (κ2) is 8.86. The average Bonchev–Trinajstić information content (AvgIpc) is 2.99. The largest absolute Gasteiger partial charge is 0.385 e. The van der Waals surface area contributed by atoms with Crippen LogP contribution in [0.2, 0.25) is 5.02 Å². The lowest BCUT2D eigenvalue weighted by Crippen LogP contribution is -2.45. The molecule has 1 atom stereocenters. The molecule has 0 aliphatic carbocycles. The van der Waals surface area contributed by atoms with Crippen LogP contribution in [0.1, 0.15) is 12.8 Å². The summed E-state index contributed by atoms with van der Waals surface area (Å²) in [4.78, 5) is 6.62. The number of nitrogens with zero attached hydrogens (tertiary/aromatic N) is 2. The van der Waals surface area contributed by atoms with Gasteiger partial charge in [-0.2, -0.15) is 0 Å². The number of methoxy groups -OCH3 is 1. The van der Waals surface area contributed by atoms with Gasteiger partial charge < -0.3 is 20.3 Å². The molecule has 0 bridgehead atoms. The first-order valence-corrected chi connectivity index (χ1v) is 8.07. The van der Waals surface area contributed by atoms with E-state index in [1.54, 1.807) is 14.2 Å². The summed E-state index contributed by atoms with van der Waals surface area (Å²) in [5.41, 5.74) is 1.18. The first kappa shape index (κ1) is 16.9. The van der Waals surface area contributed by atoms with Gasteiger partial charge >= 0.3 is 0 Å². The third kappa shape index (κ3) is 5.07. The van der Waals surface area contributed by atoms with Crippen molar-refractivity contribution in [2.45, 2.75) is 18.9 Å². The molecule has 2 N–H and O–H groups in total. The second-order valence-electron chi connectivity index (χ2n) is 5.40. The first-order chi connectivity index (χ1) is 10.7. The van der Waals surface area contributed by atoms with Gasteiger partial charge in [-0.3, -0.25) is 4.99 Å². The van der Waals surface area contributed by atoms with E-state index in [9.17, 15) is 0 Å². The summed E-state index contributed by atoms with van der Waals surface area (Å²) in [6, 6.07) is 8.41. The molecule has 122 valence electrons. The summed E-state index contributed by atoms with van der Waals surface area (Å²) in [5, 5.41) is 7.58. The highest BCUT2D eigenvalue weighted by Gasteiger charge is 2.23. The molecule has 0 amide bonds. The van der Waals surface area contributed by atoms with Crippen molar-refractivity contribution in [2.75, 3.05) is 45.3 Å². The maximum Gasteiger partial charge on any atom is 0.191 e. The van der Waals surface area contributed by atoms with E-state index in [-0.39, 0.29) is 0 Å². The average molecular weight is 325 g/mol. The molecule has 6 heteroatoms. The summed E-state index contributed by atoms with van der Waals surface area (Å²) >= 11 is 6.07. The number of hydrogen-bond donors (Lipinski definition) is 2. The Balaban J connectivity index is 1.80. The molecule has 1 heterocycles. The topological polar surface area (TPSA) is 48.9 Å². The number of guanidine groups is 1. The van der Waals surface area contributed by atoms with Crippen molar-refractivity contribution < 1.29 is 4.74 Å². The Kier molecular flexibility index (Phi) is 6.80. The highest BCUT2D eigenvalue weighted by molar-refractivity contribution is 6.30. The Morgan fingerprint density at radius 2 is 2.36 bits per heavy atom. The standard InChI is InChI=1S/C16H25ClN4O/c1-18-16(19-8-4-10-22-2)20-14-7-9-21(12-14)15-6-3-5-13(17)11-15/h3,5-6,11,14H,4,7-10,12H2,1-2H3,(H2,18,19,20). The number of rotatable bonds is 6. The zero-order chi connectivity index (χ0) is 15.8. The Morgan fingerprint density at radius 1 is 1.50 bits per heavy atom. The van der Waals surface area contributed by atoms with Gasteiger partial charge in [-0.1, -0.05) is 17.7 Å². The van der Waals surface area contributed by atoms with E-state index in [0.717, 1.165) is 50.1 Å². The van der Waals surface area contributed by atoms with Crippen molar-refractivity contribution in [1.29, 1.82) is 0 Å². The Hall–Kier alpha value is -1.46. The van der Waals surface area contributed by atoms with Crippen LogP contribution >= 0.6 is 11.6 Å². The van der Waals surface area contributed by atoms with E-state index in [4.69, 9.17) is 16.3 Å². The van der Waals surface area contributed by atoms with Crippen LogP contribution in [0.3, 0.4) is 0 Å². The normalized spacial score (nSPS) is 18.6. The molecule has 1 fully saturated rings. The third-order valence-electron chi connectivity index (χ3n) is 3.74. The van der Waals surface area contributed by atoms with Crippen molar-refractivity contribution in [3.05, 3.63) is 29.3 Å².